The average molecular weight is 522 g/mol. The average Bonchev–Trinajstić information content (AvgIpc) is 3.15. The van der Waals surface area contributed by atoms with Crippen molar-refractivity contribution >= 4 is 41.3 Å². The predicted octanol–water partition coefficient (Wildman–Crippen LogP) is 4.52. The summed E-state index contributed by atoms with van der Waals surface area (Å²) in [6, 6.07) is 18.4. The van der Waals surface area contributed by atoms with Gasteiger partial charge in [-0.15, -0.1) is 35.3 Å². The van der Waals surface area contributed by atoms with E-state index in [9.17, 15) is 0 Å². The van der Waals surface area contributed by atoms with Crippen LogP contribution in [0.1, 0.15) is 9.88 Å². The number of para-hydroxylation sites is 1. The third-order valence-electron chi connectivity index (χ3n) is 4.15. The SMILES string of the molecule is CN=C(NCCOc1ccccc1-c1ccccc1)NCCc1ncc(C)s1.I. The quantitative estimate of drug-likeness (QED) is 0.198. The van der Waals surface area contributed by atoms with Crippen molar-refractivity contribution in [3.63, 3.8) is 0 Å². The smallest absolute Gasteiger partial charge is 0.191 e. The van der Waals surface area contributed by atoms with Crippen molar-refractivity contribution in [1.29, 1.82) is 0 Å². The Kier molecular flexibility index (Phi) is 9.93. The van der Waals surface area contributed by atoms with E-state index in [2.05, 4.69) is 45.7 Å². The topological polar surface area (TPSA) is 58.5 Å². The summed E-state index contributed by atoms with van der Waals surface area (Å²) in [6.07, 6.45) is 2.80. The minimum atomic E-state index is 0. The molecule has 2 N–H and O–H groups in total. The van der Waals surface area contributed by atoms with E-state index in [1.807, 2.05) is 42.6 Å². The van der Waals surface area contributed by atoms with Gasteiger partial charge in [-0.05, 0) is 18.6 Å². The van der Waals surface area contributed by atoms with Crippen LogP contribution in [0.15, 0.2) is 65.8 Å². The maximum absolute atomic E-state index is 6.01. The van der Waals surface area contributed by atoms with E-state index in [0.717, 1.165) is 40.8 Å². The number of guanidine groups is 1. The number of hydrogen-bond acceptors (Lipinski definition) is 4. The first kappa shape index (κ1) is 23.2. The van der Waals surface area contributed by atoms with Crippen LogP contribution in [0, 0.1) is 6.92 Å². The first-order valence-corrected chi connectivity index (χ1v) is 10.2. The molecule has 0 saturated heterocycles. The molecule has 29 heavy (non-hydrogen) atoms. The Bertz CT molecular complexity index is 899. The molecule has 0 saturated carbocycles. The largest absolute Gasteiger partial charge is 0.491 e. The summed E-state index contributed by atoms with van der Waals surface area (Å²) in [6.45, 7) is 4.09. The number of rotatable bonds is 8. The van der Waals surface area contributed by atoms with Crippen molar-refractivity contribution < 1.29 is 4.74 Å². The molecule has 0 spiro atoms. The lowest BCUT2D eigenvalue weighted by Gasteiger charge is -2.14. The number of nitrogens with zero attached hydrogens (tertiary/aromatic N) is 2. The molecular formula is C22H27IN4OS. The van der Waals surface area contributed by atoms with Crippen molar-refractivity contribution in [2.45, 2.75) is 13.3 Å². The molecule has 3 rings (SSSR count). The van der Waals surface area contributed by atoms with Gasteiger partial charge >= 0.3 is 0 Å². The molecule has 0 aliphatic heterocycles. The Morgan fingerprint density at radius 1 is 1.03 bits per heavy atom. The number of hydrogen-bond donors (Lipinski definition) is 2. The standard InChI is InChI=1S/C22H26N4OS.HI/c1-17-16-26-21(28-17)12-13-24-22(23-2)25-14-15-27-20-11-7-6-10-19(20)18-8-4-3-5-9-18;/h3-11,16H,12-15H2,1-2H3,(H2,23,24,25);1H. The van der Waals surface area contributed by atoms with Gasteiger partial charge in [0.1, 0.15) is 12.4 Å². The minimum Gasteiger partial charge on any atom is -0.491 e. The van der Waals surface area contributed by atoms with Gasteiger partial charge in [0.15, 0.2) is 5.96 Å². The Hall–Kier alpha value is -2.13. The molecule has 1 heterocycles. The fraction of sp³-hybridized carbons (Fsp3) is 0.273. The number of halogens is 1. The summed E-state index contributed by atoms with van der Waals surface area (Å²) < 4.78 is 6.01. The third-order valence-corrected chi connectivity index (χ3v) is 5.12. The molecule has 0 unspecified atom stereocenters. The number of benzene rings is 2. The second-order valence-corrected chi connectivity index (χ2v) is 7.57. The van der Waals surface area contributed by atoms with Gasteiger partial charge in [0.05, 0.1) is 11.6 Å². The fourth-order valence-electron chi connectivity index (χ4n) is 2.80. The van der Waals surface area contributed by atoms with Gasteiger partial charge in [-0.2, -0.15) is 0 Å². The van der Waals surface area contributed by atoms with Crippen molar-refractivity contribution in [2.75, 3.05) is 26.7 Å². The van der Waals surface area contributed by atoms with E-state index >= 15 is 0 Å². The van der Waals surface area contributed by atoms with Gasteiger partial charge in [-0.1, -0.05) is 48.5 Å². The predicted molar refractivity (Wildman–Crippen MR) is 133 cm³/mol. The van der Waals surface area contributed by atoms with Gasteiger partial charge in [0.2, 0.25) is 0 Å². The molecule has 1 aromatic heterocycles. The number of thiazole rings is 1. The van der Waals surface area contributed by atoms with E-state index < -0.39 is 0 Å². The monoisotopic (exact) mass is 522 g/mol. The van der Waals surface area contributed by atoms with Gasteiger partial charge in [-0.3, -0.25) is 4.99 Å². The highest BCUT2D eigenvalue weighted by molar-refractivity contribution is 14.0. The van der Waals surface area contributed by atoms with Crippen LogP contribution in [0.3, 0.4) is 0 Å². The molecule has 0 atom stereocenters. The normalized spacial score (nSPS) is 10.9. The summed E-state index contributed by atoms with van der Waals surface area (Å²) in [5.74, 6) is 1.66. The fourth-order valence-corrected chi connectivity index (χ4v) is 3.59. The Labute approximate surface area is 193 Å². The molecule has 0 radical (unpaired) electrons. The molecule has 7 heteroatoms. The lowest BCUT2D eigenvalue weighted by Crippen LogP contribution is -2.40. The Morgan fingerprint density at radius 2 is 1.76 bits per heavy atom. The number of ether oxygens (including phenoxy) is 1. The highest BCUT2D eigenvalue weighted by Gasteiger charge is 2.05. The summed E-state index contributed by atoms with van der Waals surface area (Å²) >= 11 is 1.73. The van der Waals surface area contributed by atoms with Crippen LogP contribution < -0.4 is 15.4 Å². The lowest BCUT2D eigenvalue weighted by atomic mass is 10.1. The van der Waals surface area contributed by atoms with E-state index in [1.54, 1.807) is 18.4 Å². The van der Waals surface area contributed by atoms with Crippen molar-refractivity contribution in [3.05, 3.63) is 70.7 Å². The maximum atomic E-state index is 6.01. The Balaban J connectivity index is 0.00000300. The van der Waals surface area contributed by atoms with Gasteiger partial charge in [-0.25, -0.2) is 4.98 Å². The van der Waals surface area contributed by atoms with Crippen LogP contribution in [0.5, 0.6) is 5.75 Å². The second kappa shape index (κ2) is 12.4. The van der Waals surface area contributed by atoms with Crippen LogP contribution in [-0.2, 0) is 6.42 Å². The summed E-state index contributed by atoms with van der Waals surface area (Å²) in [7, 11) is 1.77. The van der Waals surface area contributed by atoms with Gasteiger partial charge in [0, 0.05) is 36.7 Å². The maximum Gasteiger partial charge on any atom is 0.191 e. The van der Waals surface area contributed by atoms with E-state index in [-0.39, 0.29) is 24.0 Å². The van der Waals surface area contributed by atoms with Crippen molar-refractivity contribution in [2.24, 2.45) is 4.99 Å². The molecule has 0 aliphatic carbocycles. The zero-order valence-corrected chi connectivity index (χ0v) is 19.9. The Morgan fingerprint density at radius 3 is 2.48 bits per heavy atom. The third kappa shape index (κ3) is 7.32. The van der Waals surface area contributed by atoms with Crippen LogP contribution >= 0.6 is 35.3 Å². The zero-order valence-electron chi connectivity index (χ0n) is 16.7. The first-order valence-electron chi connectivity index (χ1n) is 9.39. The van der Waals surface area contributed by atoms with Crippen LogP contribution in [0.2, 0.25) is 0 Å². The number of aryl methyl sites for hydroxylation is 1. The van der Waals surface area contributed by atoms with Crippen LogP contribution in [-0.4, -0.2) is 37.7 Å². The molecule has 3 aromatic rings. The van der Waals surface area contributed by atoms with E-state index in [4.69, 9.17) is 4.74 Å². The van der Waals surface area contributed by atoms with Gasteiger partial charge < -0.3 is 15.4 Å². The molecular weight excluding hydrogens is 495 g/mol. The zero-order chi connectivity index (χ0) is 19.6. The molecule has 154 valence electrons. The summed E-state index contributed by atoms with van der Waals surface area (Å²) in [4.78, 5) is 9.88. The molecule has 2 aromatic carbocycles. The molecule has 0 bridgehead atoms. The van der Waals surface area contributed by atoms with Gasteiger partial charge in [0.25, 0.3) is 0 Å². The number of aromatic nitrogens is 1. The molecule has 0 fully saturated rings. The van der Waals surface area contributed by atoms with E-state index in [0.29, 0.717) is 13.2 Å². The lowest BCUT2D eigenvalue weighted by molar-refractivity contribution is 0.323. The van der Waals surface area contributed by atoms with Crippen molar-refractivity contribution in [3.8, 4) is 16.9 Å². The molecule has 5 nitrogen and oxygen atoms in total. The summed E-state index contributed by atoms with van der Waals surface area (Å²) in [5, 5.41) is 7.74. The van der Waals surface area contributed by atoms with Crippen LogP contribution in [0.4, 0.5) is 0 Å². The molecule has 0 aliphatic rings. The van der Waals surface area contributed by atoms with E-state index in [1.165, 1.54) is 4.88 Å². The number of aliphatic imine (C=N–C) groups is 1. The van der Waals surface area contributed by atoms with Crippen molar-refractivity contribution in [1.82, 2.24) is 15.6 Å². The number of nitrogens with one attached hydrogen (secondary N) is 2. The first-order chi connectivity index (χ1) is 13.8. The summed E-state index contributed by atoms with van der Waals surface area (Å²) in [5.41, 5.74) is 2.25. The second-order valence-electron chi connectivity index (χ2n) is 6.25. The highest BCUT2D eigenvalue weighted by atomic mass is 127. The minimum absolute atomic E-state index is 0. The highest BCUT2D eigenvalue weighted by Crippen LogP contribution is 2.29. The molecule has 0 amide bonds. The van der Waals surface area contributed by atoms with Crippen LogP contribution in [0.25, 0.3) is 11.1 Å².